The maximum atomic E-state index is 15.5. The Labute approximate surface area is 144 Å². The summed E-state index contributed by atoms with van der Waals surface area (Å²) in [5, 5.41) is 3.36. The molecule has 1 atom stereocenters. The summed E-state index contributed by atoms with van der Waals surface area (Å²) in [5.41, 5.74) is 0.120. The molecule has 24 heavy (non-hydrogen) atoms. The van der Waals surface area contributed by atoms with Crippen LogP contribution >= 0.6 is 0 Å². The van der Waals surface area contributed by atoms with Crippen molar-refractivity contribution in [3.05, 3.63) is 35.8 Å². The van der Waals surface area contributed by atoms with Crippen molar-refractivity contribution in [1.29, 1.82) is 0 Å². The van der Waals surface area contributed by atoms with Gasteiger partial charge in [0.15, 0.2) is 0 Å². The largest absolute Gasteiger partial charge is 0.525 e. The number of hydrogen-bond acceptors (Lipinski definition) is 4. The van der Waals surface area contributed by atoms with Crippen LogP contribution in [0.1, 0.15) is 46.1 Å². The summed E-state index contributed by atoms with van der Waals surface area (Å²) in [5.74, 6) is 0.111. The fourth-order valence-electron chi connectivity index (χ4n) is 3.27. The highest BCUT2D eigenvalue weighted by molar-refractivity contribution is 6.55. The highest BCUT2D eigenvalue weighted by Crippen LogP contribution is 2.42. The van der Waals surface area contributed by atoms with Gasteiger partial charge in [-0.05, 0) is 76.3 Å². The van der Waals surface area contributed by atoms with Gasteiger partial charge in [-0.3, -0.25) is 4.98 Å². The van der Waals surface area contributed by atoms with Crippen LogP contribution in [0.5, 0.6) is 0 Å². The molecule has 0 saturated carbocycles. The van der Waals surface area contributed by atoms with Crippen LogP contribution in [-0.2, 0) is 9.31 Å². The van der Waals surface area contributed by atoms with Crippen LogP contribution in [0, 0.1) is 5.92 Å². The molecule has 3 heterocycles. The van der Waals surface area contributed by atoms with Gasteiger partial charge >= 0.3 is 7.12 Å². The number of hydrogen-bond donors (Lipinski definition) is 1. The summed E-state index contributed by atoms with van der Waals surface area (Å²) in [7, 11) is -0.958. The van der Waals surface area contributed by atoms with Crippen molar-refractivity contribution in [1.82, 2.24) is 10.3 Å². The summed E-state index contributed by atoms with van der Waals surface area (Å²) in [6, 6.07) is 3.71. The number of aromatic nitrogens is 1. The van der Waals surface area contributed by atoms with Crippen molar-refractivity contribution < 1.29 is 13.7 Å². The average molecular weight is 332 g/mol. The molecule has 6 heteroatoms. The molecule has 0 bridgehead atoms. The molecule has 1 aromatic heterocycles. The van der Waals surface area contributed by atoms with E-state index in [1.807, 2.05) is 39.8 Å². The molecule has 0 spiro atoms. The Kier molecular flexibility index (Phi) is 4.82. The maximum Gasteiger partial charge on any atom is 0.525 e. The Hall–Kier alpha value is -1.24. The van der Waals surface area contributed by atoms with Gasteiger partial charge in [0.1, 0.15) is 5.73 Å². The lowest BCUT2D eigenvalue weighted by molar-refractivity contribution is 0.00578. The maximum absolute atomic E-state index is 15.5. The molecule has 1 unspecified atom stereocenters. The summed E-state index contributed by atoms with van der Waals surface area (Å²) in [6.07, 6.45) is 5.39. The molecule has 0 radical (unpaired) electrons. The fourth-order valence-corrected chi connectivity index (χ4v) is 3.27. The van der Waals surface area contributed by atoms with Crippen LogP contribution < -0.4 is 5.32 Å². The van der Waals surface area contributed by atoms with E-state index >= 15 is 4.39 Å². The molecule has 0 amide bonds. The normalized spacial score (nSPS) is 27.0. The van der Waals surface area contributed by atoms with E-state index in [4.69, 9.17) is 9.31 Å². The average Bonchev–Trinajstić information content (AvgIpc) is 2.78. The van der Waals surface area contributed by atoms with E-state index in [1.165, 1.54) is 0 Å². The molecule has 2 fully saturated rings. The zero-order chi connectivity index (χ0) is 17.4. The lowest BCUT2D eigenvalue weighted by Gasteiger charge is -2.32. The van der Waals surface area contributed by atoms with Gasteiger partial charge in [-0.15, -0.1) is 0 Å². The molecule has 130 valence electrons. The minimum absolute atomic E-state index is 0.111. The van der Waals surface area contributed by atoms with E-state index in [0.29, 0.717) is 5.57 Å². The highest BCUT2D eigenvalue weighted by atomic mass is 19.1. The first-order valence-corrected chi connectivity index (χ1v) is 8.68. The third-order valence-corrected chi connectivity index (χ3v) is 5.41. The van der Waals surface area contributed by atoms with Crippen LogP contribution in [-0.4, -0.2) is 36.4 Å². The lowest BCUT2D eigenvalue weighted by Crippen LogP contribution is -2.41. The predicted octanol–water partition coefficient (Wildman–Crippen LogP) is 3.39. The second-order valence-corrected chi connectivity index (χ2v) is 7.63. The SMILES string of the molecule is CC1(C)OB(C(F)=C(c2ccncc2)C2CCCNC2)OC1(C)C. The quantitative estimate of drug-likeness (QED) is 0.862. The molecule has 0 aliphatic carbocycles. The molecule has 1 N–H and O–H groups in total. The van der Waals surface area contributed by atoms with E-state index < -0.39 is 18.3 Å². The predicted molar refractivity (Wildman–Crippen MR) is 93.9 cm³/mol. The van der Waals surface area contributed by atoms with Crippen molar-refractivity contribution in [3.63, 3.8) is 0 Å². The van der Waals surface area contributed by atoms with Crippen molar-refractivity contribution >= 4 is 12.7 Å². The zero-order valence-corrected chi connectivity index (χ0v) is 14.9. The van der Waals surface area contributed by atoms with Gasteiger partial charge in [-0.25, -0.2) is 4.39 Å². The van der Waals surface area contributed by atoms with Crippen molar-refractivity contribution in [2.24, 2.45) is 5.92 Å². The minimum atomic E-state index is -0.958. The monoisotopic (exact) mass is 332 g/mol. The second kappa shape index (κ2) is 6.58. The van der Waals surface area contributed by atoms with Gasteiger partial charge in [0.05, 0.1) is 11.2 Å². The molecule has 2 aliphatic heterocycles. The van der Waals surface area contributed by atoms with Gasteiger partial charge in [0.25, 0.3) is 0 Å². The summed E-state index contributed by atoms with van der Waals surface area (Å²) < 4.78 is 27.4. The molecule has 3 rings (SSSR count). The molecular formula is C18H26BFN2O2. The topological polar surface area (TPSA) is 43.4 Å². The number of nitrogens with zero attached hydrogens (tertiary/aromatic N) is 1. The third kappa shape index (κ3) is 3.28. The molecule has 2 saturated heterocycles. The van der Waals surface area contributed by atoms with Gasteiger partial charge < -0.3 is 14.6 Å². The number of pyridine rings is 1. The third-order valence-electron chi connectivity index (χ3n) is 5.41. The number of nitrogens with one attached hydrogen (secondary N) is 1. The standard InChI is InChI=1S/C18H26BFN2O2/c1-17(2)18(3,4)24-19(23-17)16(20)15(13-7-10-21-11-8-13)14-6-5-9-22-12-14/h7-8,10-11,14,22H,5-6,9,12H2,1-4H3. The molecular weight excluding hydrogens is 306 g/mol. The van der Waals surface area contributed by atoms with Crippen molar-refractivity contribution in [3.8, 4) is 0 Å². The number of halogens is 1. The fraction of sp³-hybridized carbons (Fsp3) is 0.611. The van der Waals surface area contributed by atoms with Crippen LogP contribution in [0.15, 0.2) is 30.3 Å². The summed E-state index contributed by atoms with van der Waals surface area (Å²) in [4.78, 5) is 4.05. The minimum Gasteiger partial charge on any atom is -0.398 e. The Morgan fingerprint density at radius 1 is 1.21 bits per heavy atom. The first-order valence-electron chi connectivity index (χ1n) is 8.68. The van der Waals surface area contributed by atoms with E-state index in [-0.39, 0.29) is 11.6 Å². The van der Waals surface area contributed by atoms with Gasteiger partial charge in [0, 0.05) is 18.9 Å². The summed E-state index contributed by atoms with van der Waals surface area (Å²) in [6.45, 7) is 9.51. The lowest BCUT2D eigenvalue weighted by atomic mass is 9.76. The summed E-state index contributed by atoms with van der Waals surface area (Å²) >= 11 is 0. The number of rotatable bonds is 3. The van der Waals surface area contributed by atoms with Crippen LogP contribution in [0.4, 0.5) is 4.39 Å². The van der Waals surface area contributed by atoms with Crippen molar-refractivity contribution in [2.45, 2.75) is 51.7 Å². The van der Waals surface area contributed by atoms with Gasteiger partial charge in [-0.1, -0.05) is 0 Å². The highest BCUT2D eigenvalue weighted by Gasteiger charge is 2.53. The molecule has 0 aromatic carbocycles. The Morgan fingerprint density at radius 3 is 2.38 bits per heavy atom. The van der Waals surface area contributed by atoms with Crippen LogP contribution in [0.25, 0.3) is 5.57 Å². The van der Waals surface area contributed by atoms with Gasteiger partial charge in [-0.2, -0.15) is 0 Å². The first kappa shape index (κ1) is 17.6. The van der Waals surface area contributed by atoms with E-state index in [0.717, 1.165) is 31.5 Å². The van der Waals surface area contributed by atoms with Gasteiger partial charge in [0.2, 0.25) is 0 Å². The second-order valence-electron chi connectivity index (χ2n) is 7.63. The molecule has 4 nitrogen and oxygen atoms in total. The van der Waals surface area contributed by atoms with Crippen molar-refractivity contribution in [2.75, 3.05) is 13.1 Å². The smallest absolute Gasteiger partial charge is 0.398 e. The van der Waals surface area contributed by atoms with Crippen LogP contribution in [0.3, 0.4) is 0 Å². The van der Waals surface area contributed by atoms with Crippen LogP contribution in [0.2, 0.25) is 0 Å². The Balaban J connectivity index is 1.99. The first-order chi connectivity index (χ1) is 11.3. The Morgan fingerprint density at radius 2 is 1.83 bits per heavy atom. The molecule has 1 aromatic rings. The van der Waals surface area contributed by atoms with E-state index in [2.05, 4.69) is 10.3 Å². The van der Waals surface area contributed by atoms with E-state index in [1.54, 1.807) is 12.4 Å². The van der Waals surface area contributed by atoms with E-state index in [9.17, 15) is 0 Å². The number of piperidine rings is 1. The zero-order valence-electron chi connectivity index (χ0n) is 14.9. The Bertz CT molecular complexity index is 597. The molecule has 2 aliphatic rings.